The average molecular weight is 396 g/mol. The van der Waals surface area contributed by atoms with Crippen LogP contribution in [0.2, 0.25) is 0 Å². The van der Waals surface area contributed by atoms with E-state index in [0.717, 1.165) is 0 Å². The minimum absolute atomic E-state index is 0.109. The number of aliphatic hydroxyl groups is 4. The fourth-order valence-corrected chi connectivity index (χ4v) is 2.73. The number of anilines is 4. The first-order valence-corrected chi connectivity index (χ1v) is 9.02. The highest BCUT2D eigenvalue weighted by molar-refractivity contribution is 5.94. The summed E-state index contributed by atoms with van der Waals surface area (Å²) in [6, 6.07) is 0. The van der Waals surface area contributed by atoms with Crippen LogP contribution < -0.4 is 20.4 Å². The van der Waals surface area contributed by atoms with Crippen LogP contribution in [0.1, 0.15) is 0 Å². The first-order valence-electron chi connectivity index (χ1n) is 9.02. The van der Waals surface area contributed by atoms with Gasteiger partial charge in [-0.25, -0.2) is 9.97 Å². The smallest absolute Gasteiger partial charge is 0.228 e. The second-order valence-corrected chi connectivity index (χ2v) is 5.81. The molecule has 28 heavy (non-hydrogen) atoms. The van der Waals surface area contributed by atoms with Crippen molar-refractivity contribution >= 4 is 34.6 Å². The molecule has 0 aliphatic carbocycles. The highest BCUT2D eigenvalue weighted by Gasteiger charge is 2.20. The first-order chi connectivity index (χ1) is 13.6. The van der Waals surface area contributed by atoms with Gasteiger partial charge in [-0.15, -0.1) is 0 Å². The summed E-state index contributed by atoms with van der Waals surface area (Å²) in [6.45, 7) is 0.634. The minimum Gasteiger partial charge on any atom is -0.395 e. The summed E-state index contributed by atoms with van der Waals surface area (Å²) in [5, 5.41) is 43.1. The lowest BCUT2D eigenvalue weighted by molar-refractivity contribution is 0.279. The molecule has 6 N–H and O–H groups in total. The van der Waals surface area contributed by atoms with Gasteiger partial charge in [-0.1, -0.05) is 0 Å². The van der Waals surface area contributed by atoms with Crippen LogP contribution in [0.15, 0.2) is 0 Å². The van der Waals surface area contributed by atoms with E-state index in [1.807, 2.05) is 0 Å². The van der Waals surface area contributed by atoms with E-state index in [0.29, 0.717) is 34.6 Å². The van der Waals surface area contributed by atoms with E-state index in [9.17, 15) is 20.4 Å². The summed E-state index contributed by atoms with van der Waals surface area (Å²) in [7, 11) is 3.40. The summed E-state index contributed by atoms with van der Waals surface area (Å²) in [6.07, 6.45) is 0. The maximum atomic E-state index is 9.29. The molecule has 2 aromatic rings. The highest BCUT2D eigenvalue weighted by atomic mass is 16.3. The highest BCUT2D eigenvalue weighted by Crippen LogP contribution is 2.28. The van der Waals surface area contributed by atoms with Crippen LogP contribution >= 0.6 is 0 Å². The van der Waals surface area contributed by atoms with Crippen molar-refractivity contribution in [1.29, 1.82) is 0 Å². The molecule has 2 heterocycles. The van der Waals surface area contributed by atoms with Crippen molar-refractivity contribution in [3.05, 3.63) is 0 Å². The van der Waals surface area contributed by atoms with E-state index in [-0.39, 0.29) is 52.6 Å². The SMILES string of the molecule is CNc1nc(N(CCO)CCO)nc2c(NC)nc(N(CCO)CCO)nc12. The fourth-order valence-electron chi connectivity index (χ4n) is 2.73. The average Bonchev–Trinajstić information content (AvgIpc) is 2.71. The Kier molecular flexibility index (Phi) is 8.32. The topological polar surface area (TPSA) is 163 Å². The Hall–Kier alpha value is -2.54. The molecule has 0 radical (unpaired) electrons. The van der Waals surface area contributed by atoms with Crippen molar-refractivity contribution in [3.63, 3.8) is 0 Å². The van der Waals surface area contributed by atoms with Crippen LogP contribution in [0.3, 0.4) is 0 Å². The third kappa shape index (κ3) is 4.84. The van der Waals surface area contributed by atoms with E-state index in [4.69, 9.17) is 0 Å². The van der Waals surface area contributed by atoms with Crippen LogP contribution in [0.25, 0.3) is 11.0 Å². The van der Waals surface area contributed by atoms with Gasteiger partial charge in [-0.2, -0.15) is 9.97 Å². The second kappa shape index (κ2) is 10.7. The number of aliphatic hydroxyl groups excluding tert-OH is 4. The summed E-state index contributed by atoms with van der Waals surface area (Å²) in [5.41, 5.74) is 0.934. The predicted octanol–water partition coefficient (Wildman–Crippen LogP) is -1.91. The molecule has 0 fully saturated rings. The van der Waals surface area contributed by atoms with E-state index < -0.39 is 0 Å². The van der Waals surface area contributed by atoms with Gasteiger partial charge in [0.15, 0.2) is 11.6 Å². The second-order valence-electron chi connectivity index (χ2n) is 5.81. The maximum Gasteiger partial charge on any atom is 0.228 e. The minimum atomic E-state index is -0.109. The molecule has 0 unspecified atom stereocenters. The van der Waals surface area contributed by atoms with Crippen LogP contribution in [-0.4, -0.2) is 107 Å². The largest absolute Gasteiger partial charge is 0.395 e. The Morgan fingerprint density at radius 3 is 1.18 bits per heavy atom. The van der Waals surface area contributed by atoms with Crippen molar-refractivity contribution in [2.24, 2.45) is 0 Å². The van der Waals surface area contributed by atoms with Crippen molar-refractivity contribution in [1.82, 2.24) is 19.9 Å². The third-order valence-electron chi connectivity index (χ3n) is 4.04. The molecule has 2 rings (SSSR count). The number of rotatable bonds is 12. The monoisotopic (exact) mass is 396 g/mol. The third-order valence-corrected chi connectivity index (χ3v) is 4.04. The van der Waals surface area contributed by atoms with Crippen LogP contribution in [0.4, 0.5) is 23.5 Å². The molecule has 0 aliphatic rings. The summed E-state index contributed by atoms with van der Waals surface area (Å²) >= 11 is 0. The van der Waals surface area contributed by atoms with E-state index in [1.165, 1.54) is 0 Å². The Balaban J connectivity index is 2.63. The van der Waals surface area contributed by atoms with E-state index in [1.54, 1.807) is 23.9 Å². The summed E-state index contributed by atoms with van der Waals surface area (Å²) in [4.78, 5) is 21.3. The van der Waals surface area contributed by atoms with Crippen LogP contribution in [0.5, 0.6) is 0 Å². The van der Waals surface area contributed by atoms with Crippen molar-refractivity contribution in [2.75, 3.05) is 87.1 Å². The van der Waals surface area contributed by atoms with Gasteiger partial charge in [-0.05, 0) is 0 Å². The summed E-state index contributed by atoms with van der Waals surface area (Å²) in [5.74, 6) is 1.56. The van der Waals surface area contributed by atoms with Gasteiger partial charge >= 0.3 is 0 Å². The van der Waals surface area contributed by atoms with Crippen molar-refractivity contribution in [2.45, 2.75) is 0 Å². The molecule has 2 aromatic heterocycles. The molecule has 0 atom stereocenters. The zero-order valence-electron chi connectivity index (χ0n) is 16.1. The standard InChI is InChI=1S/C16H28N8O4/c1-17-13-11-12(20-15(21-13)23(3-7-25)4-8-26)14(18-2)22-16(19-11)24(5-9-27)6-10-28/h25-28H,3-10H2,1-2H3,(H,17,20,21)(H,18,19,22). The van der Waals surface area contributed by atoms with E-state index >= 15 is 0 Å². The molecule has 0 amide bonds. The van der Waals surface area contributed by atoms with Gasteiger partial charge in [0.05, 0.1) is 26.4 Å². The molecule has 12 nitrogen and oxygen atoms in total. The Morgan fingerprint density at radius 2 is 0.929 bits per heavy atom. The molecule has 0 saturated carbocycles. The Morgan fingerprint density at radius 1 is 0.607 bits per heavy atom. The lowest BCUT2D eigenvalue weighted by atomic mass is 10.3. The number of fused-ring (bicyclic) bond motifs is 1. The zero-order chi connectivity index (χ0) is 20.5. The van der Waals surface area contributed by atoms with Gasteiger partial charge in [-0.3, -0.25) is 0 Å². The van der Waals surface area contributed by atoms with Gasteiger partial charge in [0.2, 0.25) is 11.9 Å². The number of hydrogen-bond acceptors (Lipinski definition) is 12. The molecule has 12 heteroatoms. The van der Waals surface area contributed by atoms with Gasteiger partial charge in [0.1, 0.15) is 11.0 Å². The van der Waals surface area contributed by atoms with Gasteiger partial charge < -0.3 is 40.9 Å². The predicted molar refractivity (Wildman–Crippen MR) is 107 cm³/mol. The molecule has 0 aliphatic heterocycles. The Labute approximate surface area is 162 Å². The molecule has 0 spiro atoms. The lowest BCUT2D eigenvalue weighted by Crippen LogP contribution is -2.32. The quantitative estimate of drug-likeness (QED) is 0.236. The zero-order valence-corrected chi connectivity index (χ0v) is 16.1. The van der Waals surface area contributed by atoms with Crippen LogP contribution in [-0.2, 0) is 0 Å². The van der Waals surface area contributed by atoms with Crippen molar-refractivity contribution in [3.8, 4) is 0 Å². The summed E-state index contributed by atoms with van der Waals surface area (Å²) < 4.78 is 0. The van der Waals surface area contributed by atoms with E-state index in [2.05, 4.69) is 30.6 Å². The number of hydrogen-bond donors (Lipinski definition) is 6. The first kappa shape index (κ1) is 21.8. The maximum absolute atomic E-state index is 9.29. The molecular weight excluding hydrogens is 368 g/mol. The van der Waals surface area contributed by atoms with Crippen LogP contribution in [0, 0.1) is 0 Å². The molecule has 0 saturated heterocycles. The molecular formula is C16H28N8O4. The normalized spacial score (nSPS) is 10.9. The fraction of sp³-hybridized carbons (Fsp3) is 0.625. The molecule has 156 valence electrons. The lowest BCUT2D eigenvalue weighted by Gasteiger charge is -2.24. The number of nitrogens with one attached hydrogen (secondary N) is 2. The van der Waals surface area contributed by atoms with Crippen molar-refractivity contribution < 1.29 is 20.4 Å². The molecule has 0 aromatic carbocycles. The van der Waals surface area contributed by atoms with Gasteiger partial charge in [0, 0.05) is 40.3 Å². The Bertz CT molecular complexity index is 688. The number of aromatic nitrogens is 4. The number of nitrogens with zero attached hydrogens (tertiary/aromatic N) is 6. The molecule has 0 bridgehead atoms. The van der Waals surface area contributed by atoms with Gasteiger partial charge in [0.25, 0.3) is 0 Å².